The minimum atomic E-state index is -1.33. The third kappa shape index (κ3) is 7.08. The number of aliphatic hydroxyl groups is 1. The Morgan fingerprint density at radius 3 is 2.54 bits per heavy atom. The fraction of sp³-hybridized carbons (Fsp3) is 0.487. The number of fused-ring (bicyclic) bond motifs is 8. The van der Waals surface area contributed by atoms with Crippen molar-refractivity contribution in [3.05, 3.63) is 70.9 Å². The Bertz CT molecular complexity index is 1890. The van der Waals surface area contributed by atoms with E-state index in [0.717, 1.165) is 18.9 Å². The molecule has 2 aromatic heterocycles. The number of benzene rings is 2. The van der Waals surface area contributed by atoms with Gasteiger partial charge >= 0.3 is 5.97 Å². The van der Waals surface area contributed by atoms with Gasteiger partial charge in [-0.25, -0.2) is 18.6 Å². The van der Waals surface area contributed by atoms with E-state index in [1.807, 2.05) is 44.4 Å². The smallest absolute Gasteiger partial charge is 0.337 e. The van der Waals surface area contributed by atoms with Crippen LogP contribution in [0.1, 0.15) is 89.5 Å². The van der Waals surface area contributed by atoms with Crippen LogP contribution < -0.4 is 9.64 Å². The van der Waals surface area contributed by atoms with Crippen molar-refractivity contribution in [1.82, 2.24) is 9.38 Å². The van der Waals surface area contributed by atoms with Gasteiger partial charge in [-0.2, -0.15) is 0 Å². The first-order chi connectivity index (χ1) is 23.7. The number of hydrogen-bond donors (Lipinski definition) is 2. The molecule has 1 saturated heterocycles. The molecule has 9 nitrogen and oxygen atoms in total. The zero-order chi connectivity index (χ0) is 36.0. The van der Waals surface area contributed by atoms with Gasteiger partial charge in [0.05, 0.1) is 35.2 Å². The standard InChI is InChI=1S/C39H47F2N3O6/c1-23-10-7-8-19-48-39(6)15-17-43(18-16-39)36-31(34(37(46)47)50-38(3,4)5)24(2)27(22-45)35-42-29(21-44(35)36)25-11-9-12-26(20-25)32-30(49-23)14-13-28(40)33(32)41/h9,11-14,20-21,23,34,45H,7-8,10,15-19,22H2,1-6H3,(H,46,47)/t23-,34+/m1/s1. The first-order valence-corrected chi connectivity index (χ1v) is 17.4. The third-order valence-corrected chi connectivity index (χ3v) is 9.83. The van der Waals surface area contributed by atoms with Crippen LogP contribution in [0.25, 0.3) is 28.0 Å². The zero-order valence-corrected chi connectivity index (χ0v) is 29.7. The first-order valence-electron chi connectivity index (χ1n) is 17.4. The Morgan fingerprint density at radius 2 is 1.86 bits per heavy atom. The number of carboxylic acid groups (broad SMARTS) is 1. The number of piperidine rings is 1. The van der Waals surface area contributed by atoms with Gasteiger partial charge in [0.25, 0.3) is 0 Å². The molecule has 11 heteroatoms. The van der Waals surface area contributed by atoms with Gasteiger partial charge in [0.1, 0.15) is 17.2 Å². The van der Waals surface area contributed by atoms with Gasteiger partial charge in [0.15, 0.2) is 17.7 Å². The predicted octanol–water partition coefficient (Wildman–Crippen LogP) is 8.01. The van der Waals surface area contributed by atoms with Crippen LogP contribution in [-0.2, 0) is 20.9 Å². The fourth-order valence-corrected chi connectivity index (χ4v) is 7.13. The van der Waals surface area contributed by atoms with Crippen molar-refractivity contribution in [2.75, 3.05) is 24.6 Å². The van der Waals surface area contributed by atoms with E-state index in [1.54, 1.807) is 25.1 Å². The number of hydrogen-bond acceptors (Lipinski definition) is 7. The molecule has 50 heavy (non-hydrogen) atoms. The Balaban J connectivity index is 1.60. The van der Waals surface area contributed by atoms with Crippen molar-refractivity contribution in [2.45, 2.75) is 104 Å². The van der Waals surface area contributed by atoms with E-state index in [4.69, 9.17) is 19.2 Å². The largest absolute Gasteiger partial charge is 0.490 e. The quantitative estimate of drug-likeness (QED) is 0.222. The highest BCUT2D eigenvalue weighted by molar-refractivity contribution is 5.82. The second-order valence-electron chi connectivity index (χ2n) is 14.8. The van der Waals surface area contributed by atoms with Crippen LogP contribution in [0.5, 0.6) is 5.75 Å². The van der Waals surface area contributed by atoms with Crippen LogP contribution in [0.2, 0.25) is 0 Å². The molecule has 268 valence electrons. The van der Waals surface area contributed by atoms with E-state index in [-0.39, 0.29) is 29.6 Å². The number of nitrogens with zero attached hydrogens (tertiary/aromatic N) is 3. The molecular formula is C39H47F2N3O6. The van der Waals surface area contributed by atoms with E-state index >= 15 is 4.39 Å². The van der Waals surface area contributed by atoms with Gasteiger partial charge in [0.2, 0.25) is 0 Å². The van der Waals surface area contributed by atoms with Crippen LogP contribution in [-0.4, -0.2) is 62.6 Å². The van der Waals surface area contributed by atoms with Gasteiger partial charge < -0.3 is 29.3 Å². The molecule has 0 amide bonds. The first kappa shape index (κ1) is 35.8. The molecule has 0 unspecified atom stereocenters. The number of rotatable bonds is 4. The molecule has 0 radical (unpaired) electrons. The summed E-state index contributed by atoms with van der Waals surface area (Å²) in [5.41, 5.74) is 2.39. The van der Waals surface area contributed by atoms with Crippen molar-refractivity contribution in [2.24, 2.45) is 0 Å². The maximum atomic E-state index is 15.6. The average molecular weight is 692 g/mol. The number of carboxylic acids is 1. The fourth-order valence-electron chi connectivity index (χ4n) is 7.13. The molecule has 3 aliphatic heterocycles. The second-order valence-corrected chi connectivity index (χ2v) is 14.8. The number of carbonyl (C=O) groups is 1. The van der Waals surface area contributed by atoms with Gasteiger partial charge in [-0.05, 0) is 103 Å². The van der Waals surface area contributed by atoms with Crippen LogP contribution in [0.15, 0.2) is 42.6 Å². The number of aliphatic hydroxyl groups excluding tert-OH is 1. The molecule has 2 aromatic carbocycles. The number of aromatic nitrogens is 2. The molecule has 0 spiro atoms. The molecule has 2 atom stereocenters. The minimum absolute atomic E-state index is 0.0232. The lowest BCUT2D eigenvalue weighted by Crippen LogP contribution is -2.45. The molecule has 0 saturated carbocycles. The summed E-state index contributed by atoms with van der Waals surface area (Å²) in [4.78, 5) is 20.1. The summed E-state index contributed by atoms with van der Waals surface area (Å²) < 4.78 is 51.0. The van der Waals surface area contributed by atoms with Crippen molar-refractivity contribution >= 4 is 17.4 Å². The predicted molar refractivity (Wildman–Crippen MR) is 188 cm³/mol. The summed E-state index contributed by atoms with van der Waals surface area (Å²) in [6.07, 6.45) is 4.03. The van der Waals surface area contributed by atoms with E-state index in [0.29, 0.717) is 83.9 Å². The number of anilines is 1. The summed E-state index contributed by atoms with van der Waals surface area (Å²) in [7, 11) is 0. The molecule has 1 fully saturated rings. The summed E-state index contributed by atoms with van der Waals surface area (Å²) in [5, 5.41) is 21.3. The van der Waals surface area contributed by atoms with E-state index < -0.39 is 29.3 Å². The Morgan fingerprint density at radius 1 is 1.14 bits per heavy atom. The lowest BCUT2D eigenvalue weighted by Gasteiger charge is -2.42. The summed E-state index contributed by atoms with van der Waals surface area (Å²) in [5.74, 6) is -2.25. The van der Waals surface area contributed by atoms with Crippen molar-refractivity contribution in [3.63, 3.8) is 0 Å². The van der Waals surface area contributed by atoms with Crippen molar-refractivity contribution in [3.8, 4) is 28.1 Å². The van der Waals surface area contributed by atoms with E-state index in [9.17, 15) is 19.4 Å². The molecule has 7 rings (SSSR count). The van der Waals surface area contributed by atoms with Crippen LogP contribution in [0, 0.1) is 18.6 Å². The van der Waals surface area contributed by atoms with Crippen molar-refractivity contribution < 1.29 is 38.0 Å². The Hall–Kier alpha value is -4.06. The highest BCUT2D eigenvalue weighted by atomic mass is 19.2. The van der Waals surface area contributed by atoms with E-state index in [2.05, 4.69) is 11.8 Å². The second kappa shape index (κ2) is 13.9. The number of ether oxygens (including phenoxy) is 3. The Labute approximate surface area is 291 Å². The monoisotopic (exact) mass is 691 g/mol. The number of imidazole rings is 1. The average Bonchev–Trinajstić information content (AvgIpc) is 3.50. The summed E-state index contributed by atoms with van der Waals surface area (Å²) in [6.45, 7) is 12.6. The number of halogens is 2. The van der Waals surface area contributed by atoms with Crippen molar-refractivity contribution in [1.29, 1.82) is 0 Å². The third-order valence-electron chi connectivity index (χ3n) is 9.83. The topological polar surface area (TPSA) is 106 Å². The van der Waals surface area contributed by atoms with Crippen LogP contribution in [0.3, 0.4) is 0 Å². The summed E-state index contributed by atoms with van der Waals surface area (Å²) >= 11 is 0. The van der Waals surface area contributed by atoms with Gasteiger partial charge in [-0.3, -0.25) is 4.40 Å². The Kier molecular flexibility index (Phi) is 9.96. The maximum Gasteiger partial charge on any atom is 0.337 e. The highest BCUT2D eigenvalue weighted by Crippen LogP contribution is 2.42. The minimum Gasteiger partial charge on any atom is -0.490 e. The lowest BCUT2D eigenvalue weighted by molar-refractivity contribution is -0.160. The van der Waals surface area contributed by atoms with Gasteiger partial charge in [0, 0.05) is 42.6 Å². The van der Waals surface area contributed by atoms with Gasteiger partial charge in [-0.15, -0.1) is 0 Å². The molecule has 5 heterocycles. The molecule has 2 N–H and O–H groups in total. The van der Waals surface area contributed by atoms with Crippen LogP contribution in [0.4, 0.5) is 14.6 Å². The van der Waals surface area contributed by atoms with Crippen LogP contribution >= 0.6 is 0 Å². The number of aliphatic carboxylic acids is 1. The zero-order valence-electron chi connectivity index (χ0n) is 29.7. The summed E-state index contributed by atoms with van der Waals surface area (Å²) in [6, 6.07) is 9.58. The molecule has 6 bridgehead atoms. The van der Waals surface area contributed by atoms with E-state index in [1.165, 1.54) is 6.07 Å². The maximum absolute atomic E-state index is 15.6. The molecular weight excluding hydrogens is 644 g/mol. The normalized spacial score (nSPS) is 20.8. The molecule has 3 aliphatic rings. The highest BCUT2D eigenvalue weighted by Gasteiger charge is 2.38. The van der Waals surface area contributed by atoms with Gasteiger partial charge in [-0.1, -0.05) is 18.2 Å². The molecule has 0 aliphatic carbocycles. The lowest BCUT2D eigenvalue weighted by atomic mass is 9.91. The number of pyridine rings is 1. The molecule has 4 aromatic rings. The SMILES string of the molecule is Cc1c([C@H](OC(C)(C)C)C(=O)O)c2n3cc(nc3c1CO)-c1cccc(c1)-c1c(ccc(F)c1F)O[C@H](C)CCCCOC1(C)CCN2CC1.